The number of hydrogen-bond acceptors (Lipinski definition) is 4. The normalized spacial score (nSPS) is 19.4. The first-order valence-corrected chi connectivity index (χ1v) is 9.57. The zero-order chi connectivity index (χ0) is 19.4. The van der Waals surface area contributed by atoms with E-state index >= 15 is 0 Å². The number of benzene rings is 1. The van der Waals surface area contributed by atoms with Crippen molar-refractivity contribution in [3.8, 4) is 5.75 Å². The minimum absolute atomic E-state index is 0.0794. The highest BCUT2D eigenvalue weighted by atomic mass is 16.5. The van der Waals surface area contributed by atoms with E-state index in [1.807, 2.05) is 12.1 Å². The summed E-state index contributed by atoms with van der Waals surface area (Å²) in [4.78, 5) is 27.3. The van der Waals surface area contributed by atoms with Crippen LogP contribution in [0.25, 0.3) is 0 Å². The first kappa shape index (κ1) is 19.5. The Morgan fingerprint density at radius 1 is 1.33 bits per heavy atom. The molecule has 7 nitrogen and oxygen atoms in total. The zero-order valence-electron chi connectivity index (χ0n) is 16.0. The minimum atomic E-state index is -1.02. The number of aryl methyl sites for hydroxylation is 1. The largest absolute Gasteiger partial charge is 0.493 e. The number of ether oxygens (including phenoxy) is 2. The predicted octanol–water partition coefficient (Wildman–Crippen LogP) is 2.38. The van der Waals surface area contributed by atoms with Gasteiger partial charge in [0.2, 0.25) is 0 Å². The number of amides is 2. The van der Waals surface area contributed by atoms with Gasteiger partial charge in [-0.1, -0.05) is 26.0 Å². The van der Waals surface area contributed by atoms with Crippen LogP contribution in [0.1, 0.15) is 31.4 Å². The Morgan fingerprint density at radius 2 is 2.15 bits per heavy atom. The van der Waals surface area contributed by atoms with Gasteiger partial charge in [-0.05, 0) is 36.0 Å². The van der Waals surface area contributed by atoms with Gasteiger partial charge in [0.1, 0.15) is 5.75 Å². The quantitative estimate of drug-likeness (QED) is 0.854. The standard InChI is InChI=1S/C20H28N2O5/c1-14(2)11-22(19(23)18-13-21(20(24)25)7-9-27-18)12-15-5-6-16-4-3-8-26-17(16)10-15/h5-6,10,14,18H,3-4,7-9,11-13H2,1-2H3,(H,24,25). The van der Waals surface area contributed by atoms with E-state index in [1.54, 1.807) is 4.90 Å². The fourth-order valence-corrected chi connectivity index (χ4v) is 3.55. The number of hydrogen-bond donors (Lipinski definition) is 1. The molecule has 0 spiro atoms. The predicted molar refractivity (Wildman–Crippen MR) is 99.9 cm³/mol. The third kappa shape index (κ3) is 4.91. The summed E-state index contributed by atoms with van der Waals surface area (Å²) >= 11 is 0. The first-order chi connectivity index (χ1) is 12.9. The number of carbonyl (C=O) groups is 2. The van der Waals surface area contributed by atoms with Crippen LogP contribution in [0.15, 0.2) is 18.2 Å². The second kappa shape index (κ2) is 8.61. The second-order valence-electron chi connectivity index (χ2n) is 7.59. The summed E-state index contributed by atoms with van der Waals surface area (Å²) in [5.41, 5.74) is 2.22. The first-order valence-electron chi connectivity index (χ1n) is 9.57. The van der Waals surface area contributed by atoms with Crippen molar-refractivity contribution in [2.75, 3.05) is 32.8 Å². The third-order valence-electron chi connectivity index (χ3n) is 4.86. The molecule has 0 aromatic heterocycles. The third-order valence-corrected chi connectivity index (χ3v) is 4.86. The van der Waals surface area contributed by atoms with Crippen LogP contribution in [0.4, 0.5) is 4.79 Å². The van der Waals surface area contributed by atoms with Gasteiger partial charge in [-0.15, -0.1) is 0 Å². The zero-order valence-corrected chi connectivity index (χ0v) is 16.0. The average molecular weight is 376 g/mol. The van der Waals surface area contributed by atoms with E-state index in [4.69, 9.17) is 9.47 Å². The van der Waals surface area contributed by atoms with Gasteiger partial charge in [0.25, 0.3) is 5.91 Å². The van der Waals surface area contributed by atoms with Crippen LogP contribution in [-0.2, 0) is 22.5 Å². The Balaban J connectivity index is 1.73. The maximum atomic E-state index is 13.0. The Hall–Kier alpha value is -2.28. The van der Waals surface area contributed by atoms with E-state index in [0.29, 0.717) is 25.6 Å². The Bertz CT molecular complexity index is 691. The van der Waals surface area contributed by atoms with Crippen LogP contribution in [0.3, 0.4) is 0 Å². The Kier molecular flexibility index (Phi) is 6.21. The molecule has 3 rings (SSSR count). The molecule has 148 valence electrons. The van der Waals surface area contributed by atoms with Gasteiger partial charge in [0, 0.05) is 19.6 Å². The molecule has 1 aromatic rings. The number of nitrogens with zero attached hydrogens (tertiary/aromatic N) is 2. The molecule has 0 aliphatic carbocycles. The summed E-state index contributed by atoms with van der Waals surface area (Å²) in [5, 5.41) is 9.20. The highest BCUT2D eigenvalue weighted by molar-refractivity contribution is 5.82. The number of morpholine rings is 1. The van der Waals surface area contributed by atoms with Crippen molar-refractivity contribution in [3.05, 3.63) is 29.3 Å². The molecule has 2 aliphatic heterocycles. The number of rotatable bonds is 5. The van der Waals surface area contributed by atoms with Gasteiger partial charge in [-0.25, -0.2) is 4.79 Å². The molecule has 2 heterocycles. The van der Waals surface area contributed by atoms with Crippen LogP contribution >= 0.6 is 0 Å². The molecule has 1 unspecified atom stereocenters. The van der Waals surface area contributed by atoms with Crippen LogP contribution in [0, 0.1) is 5.92 Å². The van der Waals surface area contributed by atoms with E-state index in [0.717, 1.165) is 30.8 Å². The van der Waals surface area contributed by atoms with Crippen LogP contribution in [-0.4, -0.2) is 65.9 Å². The van der Waals surface area contributed by atoms with Gasteiger partial charge < -0.3 is 24.4 Å². The SMILES string of the molecule is CC(C)CN(Cc1ccc2c(c1)OCCC2)C(=O)C1CN(C(=O)O)CCO1. The van der Waals surface area contributed by atoms with Gasteiger partial charge >= 0.3 is 6.09 Å². The smallest absolute Gasteiger partial charge is 0.407 e. The van der Waals surface area contributed by atoms with Crippen LogP contribution in [0.2, 0.25) is 0 Å². The molecule has 27 heavy (non-hydrogen) atoms. The summed E-state index contributed by atoms with van der Waals surface area (Å²) in [6, 6.07) is 6.13. The number of carbonyl (C=O) groups excluding carboxylic acids is 1. The summed E-state index contributed by atoms with van der Waals surface area (Å²) in [6.45, 7) is 6.51. The lowest BCUT2D eigenvalue weighted by molar-refractivity contribution is -0.149. The van der Waals surface area contributed by atoms with Crippen molar-refractivity contribution in [3.63, 3.8) is 0 Å². The van der Waals surface area contributed by atoms with Gasteiger partial charge in [0.15, 0.2) is 6.10 Å². The van der Waals surface area contributed by atoms with Gasteiger partial charge in [-0.2, -0.15) is 0 Å². The molecule has 2 aliphatic rings. The maximum absolute atomic E-state index is 13.0. The van der Waals surface area contributed by atoms with E-state index < -0.39 is 12.2 Å². The highest BCUT2D eigenvalue weighted by Gasteiger charge is 2.32. The van der Waals surface area contributed by atoms with Crippen molar-refractivity contribution in [1.82, 2.24) is 9.80 Å². The lowest BCUT2D eigenvalue weighted by Gasteiger charge is -2.34. The molecule has 1 fully saturated rings. The number of carboxylic acid groups (broad SMARTS) is 1. The van der Waals surface area contributed by atoms with Crippen molar-refractivity contribution in [2.45, 2.75) is 39.3 Å². The molecule has 7 heteroatoms. The van der Waals surface area contributed by atoms with Crippen molar-refractivity contribution >= 4 is 12.0 Å². The van der Waals surface area contributed by atoms with E-state index in [9.17, 15) is 14.7 Å². The monoisotopic (exact) mass is 376 g/mol. The Labute approximate surface area is 159 Å². The van der Waals surface area contributed by atoms with Gasteiger partial charge in [-0.3, -0.25) is 4.79 Å². The van der Waals surface area contributed by atoms with Crippen molar-refractivity contribution < 1.29 is 24.2 Å². The van der Waals surface area contributed by atoms with E-state index in [1.165, 1.54) is 10.5 Å². The highest BCUT2D eigenvalue weighted by Crippen LogP contribution is 2.26. The summed E-state index contributed by atoms with van der Waals surface area (Å²) in [7, 11) is 0. The lowest BCUT2D eigenvalue weighted by atomic mass is 10.0. The van der Waals surface area contributed by atoms with Gasteiger partial charge in [0.05, 0.1) is 19.8 Å². The number of fused-ring (bicyclic) bond motifs is 1. The molecule has 0 saturated carbocycles. The molecule has 0 bridgehead atoms. The summed E-state index contributed by atoms with van der Waals surface area (Å²) < 4.78 is 11.3. The van der Waals surface area contributed by atoms with E-state index in [-0.39, 0.29) is 19.1 Å². The topological polar surface area (TPSA) is 79.3 Å². The molecule has 1 aromatic carbocycles. The second-order valence-corrected chi connectivity index (χ2v) is 7.59. The molecular formula is C20H28N2O5. The molecule has 1 saturated heterocycles. The molecular weight excluding hydrogens is 348 g/mol. The molecule has 2 amide bonds. The van der Waals surface area contributed by atoms with Crippen molar-refractivity contribution in [1.29, 1.82) is 0 Å². The lowest BCUT2D eigenvalue weighted by Crippen LogP contribution is -2.52. The maximum Gasteiger partial charge on any atom is 0.407 e. The fraction of sp³-hybridized carbons (Fsp3) is 0.600. The average Bonchev–Trinajstić information content (AvgIpc) is 2.66. The molecule has 1 atom stereocenters. The molecule has 1 N–H and O–H groups in total. The summed E-state index contributed by atoms with van der Waals surface area (Å²) in [5.74, 6) is 1.04. The van der Waals surface area contributed by atoms with Crippen LogP contribution < -0.4 is 4.74 Å². The fourth-order valence-electron chi connectivity index (χ4n) is 3.55. The Morgan fingerprint density at radius 3 is 2.89 bits per heavy atom. The van der Waals surface area contributed by atoms with Crippen LogP contribution in [0.5, 0.6) is 5.75 Å². The van der Waals surface area contributed by atoms with Crippen molar-refractivity contribution in [2.24, 2.45) is 5.92 Å². The summed E-state index contributed by atoms with van der Waals surface area (Å²) in [6.07, 6.45) is 0.287. The molecule has 0 radical (unpaired) electrons. The minimum Gasteiger partial charge on any atom is -0.493 e. The van der Waals surface area contributed by atoms with E-state index in [2.05, 4.69) is 19.9 Å².